The van der Waals surface area contributed by atoms with Crippen molar-refractivity contribution in [1.82, 2.24) is 30.6 Å². The van der Waals surface area contributed by atoms with Gasteiger partial charge in [-0.25, -0.2) is 19.9 Å². The minimum Gasteiger partial charge on any atom is -0.398 e. The number of aryl methyl sites for hydroxylation is 2. The van der Waals surface area contributed by atoms with Gasteiger partial charge < -0.3 is 21.7 Å². The van der Waals surface area contributed by atoms with Crippen LogP contribution in [-0.4, -0.2) is 58.4 Å². The van der Waals surface area contributed by atoms with Crippen molar-refractivity contribution in [3.63, 3.8) is 0 Å². The number of nitrogens with two attached hydrogens (primary N) is 1. The third-order valence-electron chi connectivity index (χ3n) is 5.98. The predicted octanol–water partition coefficient (Wildman–Crippen LogP) is 6.45. The molecule has 0 saturated heterocycles. The zero-order valence-electron chi connectivity index (χ0n) is 26.0. The van der Waals surface area contributed by atoms with Crippen LogP contribution in [0.3, 0.4) is 0 Å². The molecule has 12 nitrogen and oxygen atoms in total. The highest BCUT2D eigenvalue weighted by atomic mass is 35.5. The van der Waals surface area contributed by atoms with Crippen LogP contribution in [0.25, 0.3) is 0 Å². The van der Waals surface area contributed by atoms with E-state index in [-0.39, 0.29) is 38.4 Å². The fourth-order valence-electron chi connectivity index (χ4n) is 3.36. The van der Waals surface area contributed by atoms with Gasteiger partial charge in [-0.2, -0.15) is 10.5 Å². The molecule has 5 N–H and O–H groups in total. The van der Waals surface area contributed by atoms with Gasteiger partial charge in [0.25, 0.3) is 11.8 Å². The minimum atomic E-state index is -0.195. The van der Waals surface area contributed by atoms with Gasteiger partial charge in [0.05, 0.1) is 0 Å². The van der Waals surface area contributed by atoms with E-state index < -0.39 is 0 Å². The largest absolute Gasteiger partial charge is 0.398 e. The Kier molecular flexibility index (Phi) is 15.5. The van der Waals surface area contributed by atoms with E-state index in [1.54, 1.807) is 44.6 Å². The van der Waals surface area contributed by atoms with Crippen molar-refractivity contribution in [2.24, 2.45) is 0 Å². The van der Waals surface area contributed by atoms with Crippen LogP contribution in [0, 0.1) is 36.5 Å². The lowest BCUT2D eigenvalue weighted by Gasteiger charge is -2.12. The number of hydrogen-bond acceptors (Lipinski definition) is 12. The van der Waals surface area contributed by atoms with Crippen LogP contribution in [0.5, 0.6) is 0 Å². The van der Waals surface area contributed by atoms with E-state index in [1.165, 1.54) is 23.5 Å². The number of carbonyl (C=O) groups is 2. The molecule has 244 valence electrons. The van der Waals surface area contributed by atoms with Gasteiger partial charge in [0.1, 0.15) is 23.3 Å². The van der Waals surface area contributed by atoms with E-state index in [2.05, 4.69) is 35.9 Å². The minimum absolute atomic E-state index is 0.0921. The van der Waals surface area contributed by atoms with Crippen molar-refractivity contribution in [2.45, 2.75) is 24.2 Å². The first-order valence-electron chi connectivity index (χ1n) is 13.2. The first-order valence-corrected chi connectivity index (χ1v) is 16.8. The standard InChI is InChI=1S/C15H14ClN5OS.C9H12N2O.C6H3Cl2N3S/c1-8-4-5-9(14(22)18-2)6-11(8)19-13-10(7-17)12(16)20-15(21-13)23-3;1-6-3-4-7(5-8(6)10)9(12)11-2;1-12-6-10-4(7)3(2-9)5(8)11-6/h4-6H,1-3H3,(H,18,22)(H,19,20,21);3-5H,10H2,1-2H3,(H,11,12);1H3. The Balaban J connectivity index is 0.000000270. The van der Waals surface area contributed by atoms with E-state index in [4.69, 9.17) is 45.8 Å². The lowest BCUT2D eigenvalue weighted by molar-refractivity contribution is 0.0955. The van der Waals surface area contributed by atoms with Gasteiger partial charge in [0.15, 0.2) is 31.6 Å². The van der Waals surface area contributed by atoms with Crippen molar-refractivity contribution in [3.05, 3.63) is 85.2 Å². The highest BCUT2D eigenvalue weighted by Crippen LogP contribution is 2.28. The molecule has 0 bridgehead atoms. The van der Waals surface area contributed by atoms with Gasteiger partial charge in [0, 0.05) is 36.6 Å². The first-order chi connectivity index (χ1) is 22.3. The van der Waals surface area contributed by atoms with Gasteiger partial charge in [0.2, 0.25) is 0 Å². The molecule has 2 heterocycles. The lowest BCUT2D eigenvalue weighted by atomic mass is 10.1. The number of benzene rings is 2. The molecule has 0 atom stereocenters. The second-order valence-corrected chi connectivity index (χ2v) is 11.6. The van der Waals surface area contributed by atoms with Gasteiger partial charge in [-0.05, 0) is 61.8 Å². The molecule has 2 aromatic heterocycles. The highest BCUT2D eigenvalue weighted by Gasteiger charge is 2.15. The Bertz CT molecular complexity index is 1840. The number of hydrogen-bond donors (Lipinski definition) is 4. The van der Waals surface area contributed by atoms with Crippen molar-refractivity contribution in [2.75, 3.05) is 37.7 Å². The Morgan fingerprint density at radius 3 is 1.64 bits per heavy atom. The summed E-state index contributed by atoms with van der Waals surface area (Å²) in [6.07, 6.45) is 3.62. The SMILES string of the molecule is CNC(=O)c1ccc(C)c(N)c1.CNC(=O)c1ccc(C)c(Nc2nc(SC)nc(Cl)c2C#N)c1.CSc1nc(Cl)c(C#N)c(Cl)n1. The Labute approximate surface area is 295 Å². The smallest absolute Gasteiger partial charge is 0.251 e. The van der Waals surface area contributed by atoms with Gasteiger partial charge in [-0.3, -0.25) is 9.59 Å². The molecular weight excluding hydrogens is 703 g/mol. The van der Waals surface area contributed by atoms with Crippen LogP contribution in [0.2, 0.25) is 15.5 Å². The summed E-state index contributed by atoms with van der Waals surface area (Å²) in [6, 6.07) is 14.3. The van der Waals surface area contributed by atoms with Crippen molar-refractivity contribution in [3.8, 4) is 12.1 Å². The molecule has 4 rings (SSSR count). The molecule has 2 amide bonds. The van der Waals surface area contributed by atoms with Crippen molar-refractivity contribution < 1.29 is 9.59 Å². The van der Waals surface area contributed by atoms with E-state index in [9.17, 15) is 14.9 Å². The molecule has 47 heavy (non-hydrogen) atoms. The molecule has 0 aliphatic heterocycles. The molecular formula is C30H29Cl3N10O2S2. The van der Waals surface area contributed by atoms with Crippen LogP contribution >= 0.6 is 58.3 Å². The monoisotopic (exact) mass is 730 g/mol. The molecule has 4 aromatic rings. The zero-order valence-corrected chi connectivity index (χ0v) is 29.9. The van der Waals surface area contributed by atoms with E-state index in [0.717, 1.165) is 11.1 Å². The Morgan fingerprint density at radius 1 is 0.745 bits per heavy atom. The maximum absolute atomic E-state index is 11.8. The van der Waals surface area contributed by atoms with E-state index in [1.807, 2.05) is 44.4 Å². The zero-order chi connectivity index (χ0) is 35.3. The normalized spacial score (nSPS) is 9.77. The van der Waals surface area contributed by atoms with Gasteiger partial charge in [-0.15, -0.1) is 0 Å². The lowest BCUT2D eigenvalue weighted by Crippen LogP contribution is -2.18. The molecule has 0 radical (unpaired) electrons. The number of anilines is 3. The van der Waals surface area contributed by atoms with Crippen LogP contribution < -0.4 is 21.7 Å². The first kappa shape index (κ1) is 38.9. The molecule has 0 aliphatic carbocycles. The summed E-state index contributed by atoms with van der Waals surface area (Å²) in [5.41, 5.74) is 10.2. The fourth-order valence-corrected chi connectivity index (χ4v) is 4.93. The van der Waals surface area contributed by atoms with Gasteiger partial charge in [-0.1, -0.05) is 70.5 Å². The van der Waals surface area contributed by atoms with Crippen molar-refractivity contribution in [1.29, 1.82) is 10.5 Å². The molecule has 0 saturated carbocycles. The maximum atomic E-state index is 11.8. The molecule has 0 spiro atoms. The average molecular weight is 732 g/mol. The third kappa shape index (κ3) is 10.9. The highest BCUT2D eigenvalue weighted by molar-refractivity contribution is 7.98. The molecule has 17 heteroatoms. The molecule has 0 unspecified atom stereocenters. The summed E-state index contributed by atoms with van der Waals surface area (Å²) in [4.78, 5) is 38.9. The van der Waals surface area contributed by atoms with Crippen LogP contribution in [0.15, 0.2) is 46.7 Å². The summed E-state index contributed by atoms with van der Waals surface area (Å²) < 4.78 is 0. The molecule has 2 aromatic carbocycles. The number of thioether (sulfide) groups is 2. The predicted molar refractivity (Wildman–Crippen MR) is 189 cm³/mol. The third-order valence-corrected chi connectivity index (χ3v) is 7.90. The Hall–Kier alpha value is -4.31. The fraction of sp³-hybridized carbons (Fsp3) is 0.200. The number of rotatable bonds is 6. The second-order valence-electron chi connectivity index (χ2n) is 9.00. The van der Waals surface area contributed by atoms with Crippen LogP contribution in [-0.2, 0) is 0 Å². The summed E-state index contributed by atoms with van der Waals surface area (Å²) in [5, 5.41) is 27.2. The quantitative estimate of drug-likeness (QED) is 0.0734. The summed E-state index contributed by atoms with van der Waals surface area (Å²) in [7, 11) is 3.16. The number of halogens is 3. The molecule has 0 fully saturated rings. The van der Waals surface area contributed by atoms with Crippen LogP contribution in [0.4, 0.5) is 17.2 Å². The van der Waals surface area contributed by atoms with E-state index in [0.29, 0.717) is 38.6 Å². The number of amides is 2. The average Bonchev–Trinajstić information content (AvgIpc) is 3.06. The number of nitrogen functional groups attached to an aromatic ring is 1. The number of nitriles is 2. The second kappa shape index (κ2) is 18.7. The van der Waals surface area contributed by atoms with Gasteiger partial charge >= 0.3 is 0 Å². The van der Waals surface area contributed by atoms with Crippen molar-refractivity contribution >= 4 is 87.3 Å². The number of nitrogens with one attached hydrogen (secondary N) is 3. The molecule has 0 aliphatic rings. The topological polar surface area (TPSA) is 195 Å². The summed E-state index contributed by atoms with van der Waals surface area (Å²) in [5.74, 6) is 0.00906. The summed E-state index contributed by atoms with van der Waals surface area (Å²) >= 11 is 20.0. The summed E-state index contributed by atoms with van der Waals surface area (Å²) in [6.45, 7) is 3.79. The number of carbonyl (C=O) groups excluding carboxylic acids is 2. The number of aromatic nitrogens is 4. The number of nitrogens with zero attached hydrogens (tertiary/aromatic N) is 6. The maximum Gasteiger partial charge on any atom is 0.251 e. The van der Waals surface area contributed by atoms with Crippen LogP contribution in [0.1, 0.15) is 43.0 Å². The Morgan fingerprint density at radius 2 is 1.19 bits per heavy atom. The van der Waals surface area contributed by atoms with E-state index >= 15 is 0 Å².